The van der Waals surface area contributed by atoms with Crippen molar-refractivity contribution in [1.82, 2.24) is 5.32 Å². The number of aliphatic imine (C=N–C) groups is 1. The first-order valence-corrected chi connectivity index (χ1v) is 6.62. The fourth-order valence-electron chi connectivity index (χ4n) is 1.01. The van der Waals surface area contributed by atoms with Crippen LogP contribution in [0.25, 0.3) is 0 Å². The molecule has 18 heavy (non-hydrogen) atoms. The van der Waals surface area contributed by atoms with E-state index in [1.807, 2.05) is 0 Å². The van der Waals surface area contributed by atoms with E-state index in [4.69, 9.17) is 5.26 Å². The van der Waals surface area contributed by atoms with Crippen molar-refractivity contribution < 1.29 is 13.2 Å². The Hall–Kier alpha value is -1.33. The number of rotatable bonds is 2. The maximum absolute atomic E-state index is 12.1. The molecule has 8 heteroatoms. The number of amidine groups is 1. The van der Waals surface area contributed by atoms with Crippen LogP contribution in [0.3, 0.4) is 0 Å². The molecule has 0 aliphatic heterocycles. The Morgan fingerprint density at radius 2 is 1.94 bits per heavy atom. The highest BCUT2D eigenvalue weighted by Crippen LogP contribution is 2.37. The summed E-state index contributed by atoms with van der Waals surface area (Å²) in [4.78, 5) is 4.16. The smallest absolute Gasteiger partial charge is 0.271 e. The normalized spacial score (nSPS) is 12.1. The third kappa shape index (κ3) is 5.33. The van der Waals surface area contributed by atoms with Gasteiger partial charge in [0.15, 0.2) is 11.4 Å². The Balaban J connectivity index is 2.80. The zero-order valence-electron chi connectivity index (χ0n) is 9.15. The number of nitrogens with zero attached hydrogens (tertiary/aromatic N) is 2. The van der Waals surface area contributed by atoms with E-state index in [0.29, 0.717) is 10.9 Å². The van der Waals surface area contributed by atoms with E-state index >= 15 is 0 Å². The van der Waals surface area contributed by atoms with Gasteiger partial charge in [-0.25, -0.2) is 4.99 Å². The van der Waals surface area contributed by atoms with E-state index < -0.39 is 5.51 Å². The van der Waals surface area contributed by atoms with E-state index in [9.17, 15) is 13.2 Å². The zero-order chi connectivity index (χ0) is 13.6. The van der Waals surface area contributed by atoms with Crippen LogP contribution in [0.1, 0.15) is 0 Å². The van der Waals surface area contributed by atoms with Crippen LogP contribution in [0.15, 0.2) is 34.2 Å². The van der Waals surface area contributed by atoms with Crippen LogP contribution >= 0.6 is 23.5 Å². The number of alkyl halides is 3. The average molecular weight is 291 g/mol. The highest BCUT2D eigenvalue weighted by atomic mass is 32.2. The molecule has 0 fully saturated rings. The van der Waals surface area contributed by atoms with Gasteiger partial charge in [0.25, 0.3) is 0 Å². The van der Waals surface area contributed by atoms with Crippen molar-refractivity contribution in [3.05, 3.63) is 24.3 Å². The maximum atomic E-state index is 12.1. The SMILES string of the molecule is CSC(=Nc1ccc(SC(F)(F)F)cc1)NC#N. The number of benzene rings is 1. The minimum absolute atomic E-state index is 0.0976. The molecule has 0 saturated carbocycles. The van der Waals surface area contributed by atoms with Gasteiger partial charge >= 0.3 is 5.51 Å². The highest BCUT2D eigenvalue weighted by Gasteiger charge is 2.28. The third-order valence-electron chi connectivity index (χ3n) is 1.66. The molecular formula is C10H8F3N3S2. The van der Waals surface area contributed by atoms with Crippen molar-refractivity contribution in [3.63, 3.8) is 0 Å². The molecular weight excluding hydrogens is 283 g/mol. The van der Waals surface area contributed by atoms with Crippen molar-refractivity contribution in [1.29, 1.82) is 5.26 Å². The highest BCUT2D eigenvalue weighted by molar-refractivity contribution is 8.13. The number of thioether (sulfide) groups is 2. The van der Waals surface area contributed by atoms with Gasteiger partial charge < -0.3 is 0 Å². The zero-order valence-corrected chi connectivity index (χ0v) is 10.8. The van der Waals surface area contributed by atoms with Crippen LogP contribution in [-0.4, -0.2) is 16.9 Å². The van der Waals surface area contributed by atoms with Gasteiger partial charge in [-0.1, -0.05) is 11.8 Å². The molecule has 3 nitrogen and oxygen atoms in total. The van der Waals surface area contributed by atoms with E-state index in [1.165, 1.54) is 36.0 Å². The molecule has 0 spiro atoms. The molecule has 0 bridgehead atoms. The molecule has 0 saturated heterocycles. The number of hydrogen-bond acceptors (Lipinski definition) is 4. The Morgan fingerprint density at radius 3 is 2.39 bits per heavy atom. The first-order chi connectivity index (χ1) is 8.44. The second-order valence-electron chi connectivity index (χ2n) is 2.90. The van der Waals surface area contributed by atoms with Crippen molar-refractivity contribution in [2.45, 2.75) is 10.4 Å². The van der Waals surface area contributed by atoms with Crippen molar-refractivity contribution in [2.24, 2.45) is 4.99 Å². The van der Waals surface area contributed by atoms with E-state index in [-0.39, 0.29) is 16.7 Å². The minimum Gasteiger partial charge on any atom is -0.271 e. The summed E-state index contributed by atoms with van der Waals surface area (Å²) in [7, 11) is 0. The lowest BCUT2D eigenvalue weighted by Gasteiger charge is -2.05. The van der Waals surface area contributed by atoms with Gasteiger partial charge in [-0.2, -0.15) is 18.4 Å². The van der Waals surface area contributed by atoms with Crippen LogP contribution in [0.5, 0.6) is 0 Å². The Bertz CT molecular complexity index is 463. The standard InChI is InChI=1S/C10H8F3N3S2/c1-17-9(15-6-14)16-7-2-4-8(5-3-7)18-10(11,12)13/h2-5H,1H3,(H,15,16). The third-order valence-corrected chi connectivity index (χ3v) is 2.98. The van der Waals surface area contributed by atoms with Gasteiger partial charge in [0.1, 0.15) is 0 Å². The average Bonchev–Trinajstić information content (AvgIpc) is 2.29. The Labute approximate surface area is 110 Å². The molecule has 1 rings (SSSR count). The van der Waals surface area contributed by atoms with Crippen LogP contribution in [-0.2, 0) is 0 Å². The lowest BCUT2D eigenvalue weighted by atomic mass is 10.3. The van der Waals surface area contributed by atoms with E-state index in [0.717, 1.165) is 0 Å². The predicted octanol–water partition coefficient (Wildman–Crippen LogP) is 3.72. The Morgan fingerprint density at radius 1 is 1.33 bits per heavy atom. The van der Waals surface area contributed by atoms with Gasteiger partial charge in [-0.15, -0.1) is 0 Å². The topological polar surface area (TPSA) is 48.2 Å². The summed E-state index contributed by atoms with van der Waals surface area (Å²) in [5.41, 5.74) is -3.81. The summed E-state index contributed by atoms with van der Waals surface area (Å²) in [5.74, 6) is 0. The number of nitriles is 1. The van der Waals surface area contributed by atoms with Gasteiger partial charge in [-0.05, 0) is 42.3 Å². The largest absolute Gasteiger partial charge is 0.446 e. The Kier molecular flexibility index (Phi) is 5.37. The van der Waals surface area contributed by atoms with Crippen molar-refractivity contribution in [2.75, 3.05) is 6.26 Å². The second kappa shape index (κ2) is 6.56. The fraction of sp³-hybridized carbons (Fsp3) is 0.200. The molecule has 96 valence electrons. The minimum atomic E-state index is -4.29. The molecule has 0 aliphatic carbocycles. The number of hydrogen-bond donors (Lipinski definition) is 1. The molecule has 1 N–H and O–H groups in total. The maximum Gasteiger partial charge on any atom is 0.446 e. The molecule has 0 aliphatic rings. The monoisotopic (exact) mass is 291 g/mol. The number of nitrogens with one attached hydrogen (secondary N) is 1. The summed E-state index contributed by atoms with van der Waals surface area (Å²) in [6, 6.07) is 5.59. The van der Waals surface area contributed by atoms with Gasteiger partial charge in [0, 0.05) is 4.90 Å². The summed E-state index contributed by atoms with van der Waals surface area (Å²) in [5, 5.41) is 11.2. The molecule has 1 aromatic carbocycles. The lowest BCUT2D eigenvalue weighted by Crippen LogP contribution is -2.12. The molecule has 0 amide bonds. The quantitative estimate of drug-likeness (QED) is 0.296. The summed E-state index contributed by atoms with van der Waals surface area (Å²) >= 11 is 1.06. The molecule has 0 heterocycles. The second-order valence-corrected chi connectivity index (χ2v) is 4.83. The van der Waals surface area contributed by atoms with Crippen LogP contribution in [0, 0.1) is 11.5 Å². The van der Waals surface area contributed by atoms with Crippen LogP contribution < -0.4 is 5.32 Å². The van der Waals surface area contributed by atoms with Crippen LogP contribution in [0.2, 0.25) is 0 Å². The summed E-state index contributed by atoms with van der Waals surface area (Å²) in [6.07, 6.45) is 3.46. The molecule has 0 atom stereocenters. The molecule has 0 radical (unpaired) electrons. The first-order valence-electron chi connectivity index (χ1n) is 4.58. The van der Waals surface area contributed by atoms with E-state index in [2.05, 4.69) is 10.3 Å². The van der Waals surface area contributed by atoms with Gasteiger partial charge in [0.2, 0.25) is 0 Å². The van der Waals surface area contributed by atoms with E-state index in [1.54, 1.807) is 12.4 Å². The summed E-state index contributed by atoms with van der Waals surface area (Å²) in [6.45, 7) is 0. The van der Waals surface area contributed by atoms with Crippen molar-refractivity contribution in [3.8, 4) is 6.19 Å². The van der Waals surface area contributed by atoms with Crippen molar-refractivity contribution >= 4 is 34.4 Å². The molecule has 0 aromatic heterocycles. The first kappa shape index (κ1) is 14.7. The number of halogens is 3. The summed E-state index contributed by atoms with van der Waals surface area (Å²) < 4.78 is 36.3. The molecule has 1 aromatic rings. The fourth-order valence-corrected chi connectivity index (χ4v) is 1.90. The van der Waals surface area contributed by atoms with Crippen LogP contribution in [0.4, 0.5) is 18.9 Å². The molecule has 0 unspecified atom stereocenters. The predicted molar refractivity (Wildman–Crippen MR) is 67.7 cm³/mol. The van der Waals surface area contributed by atoms with Gasteiger partial charge in [0.05, 0.1) is 5.69 Å². The van der Waals surface area contributed by atoms with Gasteiger partial charge in [-0.3, -0.25) is 5.32 Å². The lowest BCUT2D eigenvalue weighted by molar-refractivity contribution is -0.0328.